The quantitative estimate of drug-likeness (QED) is 0.758. The van der Waals surface area contributed by atoms with Crippen LogP contribution >= 0.6 is 11.8 Å². The lowest BCUT2D eigenvalue weighted by molar-refractivity contribution is -0.138. The second kappa shape index (κ2) is 3.98. The van der Waals surface area contributed by atoms with Crippen molar-refractivity contribution in [3.8, 4) is 0 Å². The molecular formula is C9H10N2O2S. The van der Waals surface area contributed by atoms with Crippen LogP contribution < -0.4 is 5.32 Å². The third-order valence-corrected chi connectivity index (χ3v) is 3.33. The first-order chi connectivity index (χ1) is 6.77. The van der Waals surface area contributed by atoms with E-state index in [0.29, 0.717) is 5.75 Å². The maximum absolute atomic E-state index is 10.7. The van der Waals surface area contributed by atoms with E-state index >= 15 is 0 Å². The molecule has 1 aromatic rings. The lowest BCUT2D eigenvalue weighted by Crippen LogP contribution is -2.33. The minimum Gasteiger partial charge on any atom is -0.480 e. The lowest BCUT2D eigenvalue weighted by Gasteiger charge is -2.09. The van der Waals surface area contributed by atoms with Crippen molar-refractivity contribution >= 4 is 17.7 Å². The Kier molecular flexibility index (Phi) is 2.69. The number of pyridine rings is 1. The monoisotopic (exact) mass is 210 g/mol. The highest BCUT2D eigenvalue weighted by molar-refractivity contribution is 7.99. The van der Waals surface area contributed by atoms with Crippen LogP contribution in [0.3, 0.4) is 0 Å². The van der Waals surface area contributed by atoms with Crippen molar-refractivity contribution in [2.45, 2.75) is 11.4 Å². The average molecular weight is 210 g/mol. The maximum atomic E-state index is 10.7. The molecule has 0 bridgehead atoms. The average Bonchev–Trinajstić information content (AvgIpc) is 2.68. The SMILES string of the molecule is O=C(O)[C@H]1CSC(c2cccnc2)N1. The van der Waals surface area contributed by atoms with Gasteiger partial charge in [-0.15, -0.1) is 11.8 Å². The van der Waals surface area contributed by atoms with E-state index in [2.05, 4.69) is 10.3 Å². The van der Waals surface area contributed by atoms with Crippen LogP contribution in [0.2, 0.25) is 0 Å². The van der Waals surface area contributed by atoms with Gasteiger partial charge in [-0.2, -0.15) is 0 Å². The van der Waals surface area contributed by atoms with Crippen molar-refractivity contribution in [3.63, 3.8) is 0 Å². The molecule has 0 radical (unpaired) electrons. The summed E-state index contributed by atoms with van der Waals surface area (Å²) in [6.07, 6.45) is 3.46. The van der Waals surface area contributed by atoms with Crippen LogP contribution in [0.4, 0.5) is 0 Å². The van der Waals surface area contributed by atoms with Gasteiger partial charge in [-0.05, 0) is 11.6 Å². The van der Waals surface area contributed by atoms with Crippen LogP contribution in [-0.4, -0.2) is 27.9 Å². The van der Waals surface area contributed by atoms with E-state index in [1.807, 2.05) is 12.1 Å². The molecule has 0 amide bonds. The maximum Gasteiger partial charge on any atom is 0.321 e. The molecule has 74 valence electrons. The van der Waals surface area contributed by atoms with Crippen molar-refractivity contribution in [2.24, 2.45) is 0 Å². The fraction of sp³-hybridized carbons (Fsp3) is 0.333. The highest BCUT2D eigenvalue weighted by Gasteiger charge is 2.30. The number of carbonyl (C=O) groups is 1. The molecule has 0 aromatic carbocycles. The van der Waals surface area contributed by atoms with Crippen LogP contribution in [-0.2, 0) is 4.79 Å². The molecule has 14 heavy (non-hydrogen) atoms. The molecule has 2 N–H and O–H groups in total. The number of carboxylic acids is 1. The summed E-state index contributed by atoms with van der Waals surface area (Å²) in [6, 6.07) is 3.36. The summed E-state index contributed by atoms with van der Waals surface area (Å²) in [5, 5.41) is 11.9. The van der Waals surface area contributed by atoms with E-state index in [1.54, 1.807) is 24.2 Å². The molecule has 2 heterocycles. The van der Waals surface area contributed by atoms with Crippen LogP contribution in [0.5, 0.6) is 0 Å². The van der Waals surface area contributed by atoms with Crippen molar-refractivity contribution in [3.05, 3.63) is 30.1 Å². The summed E-state index contributed by atoms with van der Waals surface area (Å²) in [5.74, 6) is -0.182. The molecule has 1 aliphatic rings. The highest BCUT2D eigenvalue weighted by Crippen LogP contribution is 2.31. The summed E-state index contributed by atoms with van der Waals surface area (Å²) >= 11 is 1.60. The van der Waals surface area contributed by atoms with E-state index in [9.17, 15) is 4.79 Å². The van der Waals surface area contributed by atoms with Crippen LogP contribution in [0.25, 0.3) is 0 Å². The third kappa shape index (κ3) is 1.88. The standard InChI is InChI=1S/C9H10N2O2S/c12-9(13)7-5-14-8(11-7)6-2-1-3-10-4-6/h1-4,7-8,11H,5H2,(H,12,13)/t7-,8?/m1/s1. The van der Waals surface area contributed by atoms with E-state index in [0.717, 1.165) is 5.56 Å². The molecule has 0 aliphatic carbocycles. The molecule has 4 nitrogen and oxygen atoms in total. The van der Waals surface area contributed by atoms with Crippen LogP contribution in [0.15, 0.2) is 24.5 Å². The van der Waals surface area contributed by atoms with E-state index in [1.165, 1.54) is 0 Å². The molecule has 0 saturated carbocycles. The highest BCUT2D eigenvalue weighted by atomic mass is 32.2. The Morgan fingerprint density at radius 2 is 2.57 bits per heavy atom. The molecule has 0 spiro atoms. The molecule has 1 fully saturated rings. The predicted octanol–water partition coefficient (Wildman–Crippen LogP) is 0.870. The Balaban J connectivity index is 2.06. The third-order valence-electron chi connectivity index (χ3n) is 2.07. The number of nitrogens with one attached hydrogen (secondary N) is 1. The van der Waals surface area contributed by atoms with E-state index in [-0.39, 0.29) is 5.37 Å². The molecule has 2 rings (SSSR count). The molecule has 2 atom stereocenters. The molecule has 1 saturated heterocycles. The van der Waals surface area contributed by atoms with Crippen molar-refractivity contribution in [2.75, 3.05) is 5.75 Å². The number of hydrogen-bond donors (Lipinski definition) is 2. The van der Waals surface area contributed by atoms with Gasteiger partial charge in [0.05, 0.1) is 5.37 Å². The van der Waals surface area contributed by atoms with Gasteiger partial charge in [0.1, 0.15) is 6.04 Å². The molecule has 5 heteroatoms. The van der Waals surface area contributed by atoms with Gasteiger partial charge in [0.25, 0.3) is 0 Å². The molecule has 1 aromatic heterocycles. The summed E-state index contributed by atoms with van der Waals surface area (Å²) in [5.41, 5.74) is 1.03. The number of rotatable bonds is 2. The van der Waals surface area contributed by atoms with Gasteiger partial charge in [0.2, 0.25) is 0 Å². The van der Waals surface area contributed by atoms with Gasteiger partial charge in [0, 0.05) is 18.1 Å². The molecular weight excluding hydrogens is 200 g/mol. The van der Waals surface area contributed by atoms with Gasteiger partial charge < -0.3 is 5.11 Å². The zero-order valence-corrected chi connectivity index (χ0v) is 8.20. The predicted molar refractivity (Wildman–Crippen MR) is 54.0 cm³/mol. The fourth-order valence-electron chi connectivity index (χ4n) is 1.34. The van der Waals surface area contributed by atoms with Gasteiger partial charge >= 0.3 is 5.97 Å². The topological polar surface area (TPSA) is 62.2 Å². The fourth-order valence-corrected chi connectivity index (χ4v) is 2.55. The number of carboxylic acid groups (broad SMARTS) is 1. The Hall–Kier alpha value is -1.07. The normalized spacial score (nSPS) is 26.3. The largest absolute Gasteiger partial charge is 0.480 e. The Morgan fingerprint density at radius 3 is 3.14 bits per heavy atom. The minimum absolute atomic E-state index is 0.0600. The minimum atomic E-state index is -0.788. The number of aliphatic carboxylic acids is 1. The van der Waals surface area contributed by atoms with E-state index in [4.69, 9.17) is 5.11 Å². The van der Waals surface area contributed by atoms with Crippen LogP contribution in [0.1, 0.15) is 10.9 Å². The second-order valence-corrected chi connectivity index (χ2v) is 4.20. The first-order valence-electron chi connectivity index (χ1n) is 4.28. The van der Waals surface area contributed by atoms with Crippen molar-refractivity contribution in [1.29, 1.82) is 0 Å². The second-order valence-electron chi connectivity index (χ2n) is 3.06. The van der Waals surface area contributed by atoms with Gasteiger partial charge in [-0.1, -0.05) is 6.07 Å². The number of thioether (sulfide) groups is 1. The first kappa shape index (κ1) is 9.48. The number of hydrogen-bond acceptors (Lipinski definition) is 4. The summed E-state index contributed by atoms with van der Waals surface area (Å²) < 4.78 is 0. The van der Waals surface area contributed by atoms with E-state index < -0.39 is 12.0 Å². The van der Waals surface area contributed by atoms with Gasteiger partial charge in [0.15, 0.2) is 0 Å². The Labute approximate surface area is 85.7 Å². The Morgan fingerprint density at radius 1 is 1.71 bits per heavy atom. The van der Waals surface area contributed by atoms with Crippen LogP contribution in [0, 0.1) is 0 Å². The Bertz CT molecular complexity index is 331. The molecule has 1 unspecified atom stereocenters. The summed E-state index contributed by atoms with van der Waals surface area (Å²) in [6.45, 7) is 0. The van der Waals surface area contributed by atoms with Crippen molar-refractivity contribution < 1.29 is 9.90 Å². The lowest BCUT2D eigenvalue weighted by atomic mass is 10.2. The summed E-state index contributed by atoms with van der Waals surface area (Å²) in [4.78, 5) is 14.7. The summed E-state index contributed by atoms with van der Waals surface area (Å²) in [7, 11) is 0. The van der Waals surface area contributed by atoms with Crippen molar-refractivity contribution in [1.82, 2.24) is 10.3 Å². The number of nitrogens with zero attached hydrogens (tertiary/aromatic N) is 1. The first-order valence-corrected chi connectivity index (χ1v) is 5.32. The number of aromatic nitrogens is 1. The van der Waals surface area contributed by atoms with Gasteiger partial charge in [-0.25, -0.2) is 0 Å². The smallest absolute Gasteiger partial charge is 0.321 e. The zero-order valence-electron chi connectivity index (χ0n) is 7.38. The zero-order chi connectivity index (χ0) is 9.97. The molecule has 1 aliphatic heterocycles. The van der Waals surface area contributed by atoms with Gasteiger partial charge in [-0.3, -0.25) is 15.1 Å².